The fraction of sp³-hybridized carbons (Fsp3) is 0.348. The number of hydrogen-bond acceptors (Lipinski definition) is 6. The maximum Gasteiger partial charge on any atom is 0.352 e. The molecule has 1 aromatic heterocycles. The molecule has 0 saturated carbocycles. The minimum Gasteiger partial charge on any atom is -0.476 e. The smallest absolute Gasteiger partial charge is 0.352 e. The van der Waals surface area contributed by atoms with Crippen molar-refractivity contribution in [2.45, 2.75) is 13.0 Å². The Labute approximate surface area is 190 Å². The highest BCUT2D eigenvalue weighted by molar-refractivity contribution is 6.30. The number of benzene rings is 2. The van der Waals surface area contributed by atoms with Gasteiger partial charge in [0.15, 0.2) is 0 Å². The summed E-state index contributed by atoms with van der Waals surface area (Å²) in [5.41, 5.74) is 1.27. The minimum absolute atomic E-state index is 0.0870. The maximum atomic E-state index is 13.3. The van der Waals surface area contributed by atoms with Crippen LogP contribution in [0.2, 0.25) is 5.02 Å². The zero-order valence-electron chi connectivity index (χ0n) is 17.9. The van der Waals surface area contributed by atoms with Gasteiger partial charge in [-0.2, -0.15) is 4.68 Å². The van der Waals surface area contributed by atoms with Crippen LogP contribution in [0.1, 0.15) is 11.1 Å². The van der Waals surface area contributed by atoms with Crippen LogP contribution in [0.4, 0.5) is 0 Å². The Morgan fingerprint density at radius 2 is 1.78 bits per heavy atom. The molecule has 0 bridgehead atoms. The highest BCUT2D eigenvalue weighted by Crippen LogP contribution is 2.15. The van der Waals surface area contributed by atoms with Gasteiger partial charge in [0, 0.05) is 24.7 Å². The highest BCUT2D eigenvalue weighted by Gasteiger charge is 2.18. The number of nitrogens with zero attached hydrogens (tertiary/aromatic N) is 4. The number of ether oxygens (including phenoxy) is 2. The fourth-order valence-electron chi connectivity index (χ4n) is 3.72. The van der Waals surface area contributed by atoms with Crippen molar-refractivity contribution in [2.24, 2.45) is 0 Å². The largest absolute Gasteiger partial charge is 0.476 e. The summed E-state index contributed by atoms with van der Waals surface area (Å²) in [6, 6.07) is 14.6. The van der Waals surface area contributed by atoms with Crippen LogP contribution in [-0.2, 0) is 17.7 Å². The molecule has 0 radical (unpaired) electrons. The summed E-state index contributed by atoms with van der Waals surface area (Å²) >= 11 is 5.96. The van der Waals surface area contributed by atoms with Crippen molar-refractivity contribution in [3.63, 3.8) is 0 Å². The molecule has 32 heavy (non-hydrogen) atoms. The fourth-order valence-corrected chi connectivity index (χ4v) is 3.85. The third kappa shape index (κ3) is 4.93. The molecule has 1 fully saturated rings. The van der Waals surface area contributed by atoms with E-state index in [0.717, 1.165) is 55.0 Å². The molecule has 0 spiro atoms. The monoisotopic (exact) mass is 456 g/mol. The maximum absolute atomic E-state index is 13.3. The predicted octanol–water partition coefficient (Wildman–Crippen LogP) is 1.98. The molecule has 0 N–H and O–H groups in total. The van der Waals surface area contributed by atoms with Gasteiger partial charge >= 0.3 is 11.2 Å². The van der Waals surface area contributed by atoms with E-state index in [9.17, 15) is 9.59 Å². The molecule has 4 rings (SSSR count). The third-order valence-corrected chi connectivity index (χ3v) is 5.75. The zero-order valence-corrected chi connectivity index (χ0v) is 18.6. The van der Waals surface area contributed by atoms with Crippen LogP contribution in [-0.4, -0.2) is 59.2 Å². The van der Waals surface area contributed by atoms with Crippen molar-refractivity contribution in [3.05, 3.63) is 85.5 Å². The van der Waals surface area contributed by atoms with Gasteiger partial charge in [0.1, 0.15) is 0 Å². The number of methoxy groups -OCH3 is 1. The van der Waals surface area contributed by atoms with Gasteiger partial charge in [-0.3, -0.25) is 9.69 Å². The van der Waals surface area contributed by atoms with Crippen LogP contribution in [0.5, 0.6) is 5.88 Å². The summed E-state index contributed by atoms with van der Waals surface area (Å²) in [6.45, 7) is 4.17. The minimum atomic E-state index is -0.575. The molecule has 0 unspecified atom stereocenters. The summed E-state index contributed by atoms with van der Waals surface area (Å²) < 4.78 is 13.0. The van der Waals surface area contributed by atoms with Crippen molar-refractivity contribution < 1.29 is 9.47 Å². The van der Waals surface area contributed by atoms with E-state index in [1.165, 1.54) is 11.8 Å². The molecule has 168 valence electrons. The first-order chi connectivity index (χ1) is 15.6. The molecule has 0 aliphatic carbocycles. The Morgan fingerprint density at radius 3 is 2.50 bits per heavy atom. The van der Waals surface area contributed by atoms with Gasteiger partial charge in [0.25, 0.3) is 5.88 Å². The molecule has 1 saturated heterocycles. The van der Waals surface area contributed by atoms with Crippen LogP contribution in [0.3, 0.4) is 0 Å². The van der Waals surface area contributed by atoms with Crippen LogP contribution in [0.15, 0.2) is 58.1 Å². The molecule has 9 heteroatoms. The molecule has 0 amide bonds. The molecule has 8 nitrogen and oxygen atoms in total. The average molecular weight is 457 g/mol. The normalized spacial score (nSPS) is 14.4. The van der Waals surface area contributed by atoms with Gasteiger partial charge in [-0.15, -0.1) is 5.10 Å². The molecule has 2 heterocycles. The number of para-hydroxylation sites is 1. The second kappa shape index (κ2) is 10.1. The van der Waals surface area contributed by atoms with Crippen molar-refractivity contribution in [3.8, 4) is 11.6 Å². The number of hydrogen-bond donors (Lipinski definition) is 0. The van der Waals surface area contributed by atoms with Crippen molar-refractivity contribution in [1.82, 2.24) is 19.2 Å². The standard InChI is InChI=1S/C23H25ClN4O4/c1-31-21-22(29)27(16-17-6-8-19(24)9-7-17)23(30)28(25-21)20-5-3-2-4-18(20)10-11-26-12-14-32-15-13-26/h2-9H,10-16H2,1H3. The van der Waals surface area contributed by atoms with Gasteiger partial charge in [-0.05, 0) is 35.7 Å². The zero-order chi connectivity index (χ0) is 22.5. The summed E-state index contributed by atoms with van der Waals surface area (Å²) in [6.07, 6.45) is 0.739. The topological polar surface area (TPSA) is 78.6 Å². The third-order valence-electron chi connectivity index (χ3n) is 5.50. The molecular formula is C23H25ClN4O4. The molecule has 1 aliphatic heterocycles. The second-order valence-corrected chi connectivity index (χ2v) is 7.99. The lowest BCUT2D eigenvalue weighted by Crippen LogP contribution is -2.42. The second-order valence-electron chi connectivity index (χ2n) is 7.55. The highest BCUT2D eigenvalue weighted by atomic mass is 35.5. The summed E-state index contributed by atoms with van der Waals surface area (Å²) in [4.78, 5) is 28.5. The van der Waals surface area contributed by atoms with Gasteiger partial charge in [0.05, 0.1) is 32.6 Å². The van der Waals surface area contributed by atoms with Gasteiger partial charge in [0.2, 0.25) is 0 Å². The van der Waals surface area contributed by atoms with Crippen LogP contribution >= 0.6 is 11.6 Å². The Morgan fingerprint density at radius 1 is 1.06 bits per heavy atom. The van der Waals surface area contributed by atoms with Crippen LogP contribution in [0.25, 0.3) is 5.69 Å². The number of halogens is 1. The lowest BCUT2D eigenvalue weighted by atomic mass is 10.1. The SMILES string of the molecule is COc1nn(-c2ccccc2CCN2CCOCC2)c(=O)n(Cc2ccc(Cl)cc2)c1=O. The summed E-state index contributed by atoms with van der Waals surface area (Å²) in [5.74, 6) is -0.137. The number of aromatic nitrogens is 3. The molecule has 3 aromatic rings. The van der Waals surface area contributed by atoms with Gasteiger partial charge < -0.3 is 9.47 Å². The molecule has 1 aliphatic rings. The Bertz CT molecular complexity index is 1180. The molecule has 0 atom stereocenters. The molecular weight excluding hydrogens is 432 g/mol. The Kier molecular flexibility index (Phi) is 7.04. The number of rotatable bonds is 7. The van der Waals surface area contributed by atoms with Gasteiger partial charge in [-0.25, -0.2) is 9.36 Å². The van der Waals surface area contributed by atoms with Crippen molar-refractivity contribution in [1.29, 1.82) is 0 Å². The lowest BCUT2D eigenvalue weighted by molar-refractivity contribution is 0.0384. The van der Waals surface area contributed by atoms with Crippen molar-refractivity contribution >= 4 is 11.6 Å². The lowest BCUT2D eigenvalue weighted by Gasteiger charge is -2.26. The summed E-state index contributed by atoms with van der Waals surface area (Å²) in [5, 5.41) is 4.81. The Balaban J connectivity index is 1.71. The summed E-state index contributed by atoms with van der Waals surface area (Å²) in [7, 11) is 1.37. The first-order valence-corrected chi connectivity index (χ1v) is 10.9. The van der Waals surface area contributed by atoms with E-state index in [1.807, 2.05) is 24.3 Å². The number of morpholine rings is 1. The van der Waals surface area contributed by atoms with Crippen LogP contribution < -0.4 is 16.0 Å². The van der Waals surface area contributed by atoms with E-state index in [-0.39, 0.29) is 12.4 Å². The quantitative estimate of drug-likeness (QED) is 0.541. The van der Waals surface area contributed by atoms with Crippen molar-refractivity contribution in [2.75, 3.05) is 40.0 Å². The van der Waals surface area contributed by atoms with E-state index >= 15 is 0 Å². The average Bonchev–Trinajstić information content (AvgIpc) is 2.83. The van der Waals surface area contributed by atoms with E-state index in [0.29, 0.717) is 10.7 Å². The van der Waals surface area contributed by atoms with Gasteiger partial charge in [-0.1, -0.05) is 41.9 Å². The van der Waals surface area contributed by atoms with E-state index in [2.05, 4.69) is 10.00 Å². The first-order valence-electron chi connectivity index (χ1n) is 10.5. The first kappa shape index (κ1) is 22.3. The van der Waals surface area contributed by atoms with Crippen LogP contribution in [0, 0.1) is 0 Å². The van der Waals surface area contributed by atoms with E-state index in [4.69, 9.17) is 21.1 Å². The predicted molar refractivity (Wildman–Crippen MR) is 122 cm³/mol. The molecule has 2 aromatic carbocycles. The van der Waals surface area contributed by atoms with E-state index < -0.39 is 11.2 Å². The Hall–Kier alpha value is -2.94. The van der Waals surface area contributed by atoms with E-state index in [1.54, 1.807) is 24.3 Å².